The molecule has 136 valence electrons. The number of rotatable bonds is 5. The topological polar surface area (TPSA) is 87.3 Å². The van der Waals surface area contributed by atoms with Crippen LogP contribution in [0, 0.1) is 6.92 Å². The van der Waals surface area contributed by atoms with Gasteiger partial charge in [0.1, 0.15) is 0 Å². The normalized spacial score (nSPS) is 10.1. The second kappa shape index (κ2) is 9.01. The van der Waals surface area contributed by atoms with Crippen LogP contribution in [0.2, 0.25) is 5.02 Å². The molecule has 0 atom stereocenters. The molecule has 0 saturated carbocycles. The van der Waals surface area contributed by atoms with Gasteiger partial charge in [-0.25, -0.2) is 0 Å². The van der Waals surface area contributed by atoms with Gasteiger partial charge in [-0.1, -0.05) is 29.8 Å². The monoisotopic (exact) mass is 373 g/mol. The van der Waals surface area contributed by atoms with E-state index in [0.29, 0.717) is 34.9 Å². The van der Waals surface area contributed by atoms with Crippen molar-refractivity contribution in [1.29, 1.82) is 0 Å². The minimum Gasteiger partial charge on any atom is -0.347 e. The van der Waals surface area contributed by atoms with Gasteiger partial charge in [-0.3, -0.25) is 14.4 Å². The van der Waals surface area contributed by atoms with Crippen molar-refractivity contribution in [2.75, 3.05) is 17.2 Å². The van der Waals surface area contributed by atoms with E-state index in [-0.39, 0.29) is 5.91 Å². The summed E-state index contributed by atoms with van der Waals surface area (Å²) in [5.74, 6) is -1.69. The maximum absolute atomic E-state index is 12.1. The molecule has 3 N–H and O–H groups in total. The molecule has 7 heteroatoms. The van der Waals surface area contributed by atoms with Crippen LogP contribution in [0.3, 0.4) is 0 Å². The quantitative estimate of drug-likeness (QED) is 0.704. The largest absolute Gasteiger partial charge is 0.347 e. The van der Waals surface area contributed by atoms with Crippen molar-refractivity contribution >= 4 is 40.7 Å². The number of amides is 3. The van der Waals surface area contributed by atoms with Gasteiger partial charge in [0.15, 0.2) is 0 Å². The van der Waals surface area contributed by atoms with E-state index in [1.54, 1.807) is 37.3 Å². The lowest BCUT2D eigenvalue weighted by molar-refractivity contribution is -0.136. The maximum Gasteiger partial charge on any atom is 0.313 e. The predicted molar refractivity (Wildman–Crippen MR) is 102 cm³/mol. The van der Waals surface area contributed by atoms with E-state index in [9.17, 15) is 14.4 Å². The Labute approximate surface area is 156 Å². The van der Waals surface area contributed by atoms with Gasteiger partial charge in [0.25, 0.3) is 0 Å². The molecule has 2 aromatic rings. The molecule has 0 aliphatic rings. The Morgan fingerprint density at radius 2 is 1.54 bits per heavy atom. The molecule has 0 aliphatic heterocycles. The summed E-state index contributed by atoms with van der Waals surface area (Å²) in [5, 5.41) is 8.46. The summed E-state index contributed by atoms with van der Waals surface area (Å²) >= 11 is 5.82. The van der Waals surface area contributed by atoms with Crippen molar-refractivity contribution in [1.82, 2.24) is 5.32 Å². The van der Waals surface area contributed by atoms with E-state index >= 15 is 0 Å². The summed E-state index contributed by atoms with van der Waals surface area (Å²) in [4.78, 5) is 35.2. The smallest absolute Gasteiger partial charge is 0.313 e. The highest BCUT2D eigenvalue weighted by Gasteiger charge is 2.15. The van der Waals surface area contributed by atoms with Crippen LogP contribution in [0.25, 0.3) is 0 Å². The van der Waals surface area contributed by atoms with Gasteiger partial charge in [-0.15, -0.1) is 0 Å². The zero-order valence-electron chi connectivity index (χ0n) is 14.6. The van der Waals surface area contributed by atoms with Gasteiger partial charge >= 0.3 is 11.8 Å². The average Bonchev–Trinajstić information content (AvgIpc) is 2.59. The minimum atomic E-state index is -0.760. The Balaban J connectivity index is 1.89. The number of carbonyl (C=O) groups is 3. The van der Waals surface area contributed by atoms with Crippen molar-refractivity contribution < 1.29 is 14.4 Å². The Morgan fingerprint density at radius 1 is 0.923 bits per heavy atom. The summed E-state index contributed by atoms with van der Waals surface area (Å²) in [7, 11) is 0. The van der Waals surface area contributed by atoms with Gasteiger partial charge in [0.05, 0.1) is 0 Å². The third kappa shape index (κ3) is 5.60. The zero-order chi connectivity index (χ0) is 19.1. The highest BCUT2D eigenvalue weighted by molar-refractivity contribution is 6.39. The lowest BCUT2D eigenvalue weighted by Gasteiger charge is -2.12. The molecule has 2 aromatic carbocycles. The second-order valence-corrected chi connectivity index (χ2v) is 6.18. The van der Waals surface area contributed by atoms with Gasteiger partial charge in [0, 0.05) is 29.9 Å². The van der Waals surface area contributed by atoms with Crippen LogP contribution in [0.5, 0.6) is 0 Å². The molecule has 0 aromatic heterocycles. The molecule has 3 amide bonds. The second-order valence-electron chi connectivity index (χ2n) is 5.75. The standard InChI is InChI=1S/C19H20ClN3O3/c1-12-16(22-13(2)24)4-3-5-17(12)23-19(26)18(25)21-11-10-14-6-8-15(20)9-7-14/h3-9H,10-11H2,1-2H3,(H,21,25)(H,22,24)(H,23,26). The summed E-state index contributed by atoms with van der Waals surface area (Å²) in [6.07, 6.45) is 0.591. The molecule has 0 bridgehead atoms. The van der Waals surface area contributed by atoms with Crippen molar-refractivity contribution in [3.05, 3.63) is 58.6 Å². The maximum atomic E-state index is 12.1. The molecule has 6 nitrogen and oxygen atoms in total. The van der Waals surface area contributed by atoms with E-state index in [4.69, 9.17) is 11.6 Å². The molecule has 0 radical (unpaired) electrons. The molecule has 0 fully saturated rings. The van der Waals surface area contributed by atoms with Crippen molar-refractivity contribution in [2.45, 2.75) is 20.3 Å². The highest BCUT2D eigenvalue weighted by Crippen LogP contribution is 2.23. The molecule has 0 aliphatic carbocycles. The number of hydrogen-bond donors (Lipinski definition) is 3. The molecule has 0 unspecified atom stereocenters. The van der Waals surface area contributed by atoms with Crippen molar-refractivity contribution in [2.24, 2.45) is 0 Å². The Morgan fingerprint density at radius 3 is 2.15 bits per heavy atom. The Kier molecular flexibility index (Phi) is 6.74. The SMILES string of the molecule is CC(=O)Nc1cccc(NC(=O)C(=O)NCCc2ccc(Cl)cc2)c1C. The van der Waals surface area contributed by atoms with Gasteiger partial charge in [-0.2, -0.15) is 0 Å². The molecule has 0 heterocycles. The molecule has 0 saturated heterocycles. The van der Waals surface area contributed by atoms with Gasteiger partial charge < -0.3 is 16.0 Å². The summed E-state index contributed by atoms with van der Waals surface area (Å²) in [5.41, 5.74) is 2.73. The van der Waals surface area contributed by atoms with Gasteiger partial charge in [0.2, 0.25) is 5.91 Å². The summed E-state index contributed by atoms with van der Waals surface area (Å²) in [6.45, 7) is 3.48. The highest BCUT2D eigenvalue weighted by atomic mass is 35.5. The number of anilines is 2. The summed E-state index contributed by atoms with van der Waals surface area (Å²) in [6, 6.07) is 12.4. The van der Waals surface area contributed by atoms with Crippen LogP contribution in [-0.2, 0) is 20.8 Å². The first-order valence-corrected chi connectivity index (χ1v) is 8.45. The lowest BCUT2D eigenvalue weighted by atomic mass is 10.1. The van der Waals surface area contributed by atoms with Crippen LogP contribution in [-0.4, -0.2) is 24.3 Å². The third-order valence-electron chi connectivity index (χ3n) is 3.71. The number of nitrogens with one attached hydrogen (secondary N) is 3. The summed E-state index contributed by atoms with van der Waals surface area (Å²) < 4.78 is 0. The third-order valence-corrected chi connectivity index (χ3v) is 3.96. The number of benzene rings is 2. The van der Waals surface area contributed by atoms with E-state index < -0.39 is 11.8 Å². The first-order chi connectivity index (χ1) is 12.4. The van der Waals surface area contributed by atoms with Crippen LogP contribution in [0.15, 0.2) is 42.5 Å². The van der Waals surface area contributed by atoms with Crippen LogP contribution < -0.4 is 16.0 Å². The van der Waals surface area contributed by atoms with E-state index in [1.165, 1.54) is 6.92 Å². The van der Waals surface area contributed by atoms with E-state index in [0.717, 1.165) is 5.56 Å². The number of carbonyl (C=O) groups excluding carboxylic acids is 3. The molecular weight excluding hydrogens is 354 g/mol. The molecule has 26 heavy (non-hydrogen) atoms. The number of halogens is 1. The van der Waals surface area contributed by atoms with Crippen molar-refractivity contribution in [3.8, 4) is 0 Å². The van der Waals surface area contributed by atoms with Crippen LogP contribution in [0.4, 0.5) is 11.4 Å². The molecular formula is C19H20ClN3O3. The Hall–Kier alpha value is -2.86. The lowest BCUT2D eigenvalue weighted by Crippen LogP contribution is -2.36. The van der Waals surface area contributed by atoms with Crippen LogP contribution >= 0.6 is 11.6 Å². The first kappa shape index (κ1) is 19.5. The molecule has 2 rings (SSSR count). The first-order valence-electron chi connectivity index (χ1n) is 8.07. The van der Waals surface area contributed by atoms with Crippen molar-refractivity contribution in [3.63, 3.8) is 0 Å². The number of hydrogen-bond acceptors (Lipinski definition) is 3. The Bertz CT molecular complexity index is 819. The fraction of sp³-hybridized carbons (Fsp3) is 0.211. The minimum absolute atomic E-state index is 0.212. The zero-order valence-corrected chi connectivity index (χ0v) is 15.3. The molecule has 0 spiro atoms. The fourth-order valence-electron chi connectivity index (χ4n) is 2.33. The average molecular weight is 374 g/mol. The van der Waals surface area contributed by atoms with Gasteiger partial charge in [-0.05, 0) is 48.7 Å². The van der Waals surface area contributed by atoms with Crippen LogP contribution in [0.1, 0.15) is 18.1 Å². The fourth-order valence-corrected chi connectivity index (χ4v) is 2.45. The predicted octanol–water partition coefficient (Wildman–Crippen LogP) is 2.90. The van der Waals surface area contributed by atoms with E-state index in [1.807, 2.05) is 12.1 Å². The van der Waals surface area contributed by atoms with E-state index in [2.05, 4.69) is 16.0 Å².